The van der Waals surface area contributed by atoms with Crippen LogP contribution < -0.4 is 0 Å². The van der Waals surface area contributed by atoms with Crippen LogP contribution in [-0.2, 0) is 5.54 Å². The van der Waals surface area contributed by atoms with Crippen LogP contribution in [0, 0.1) is 10.7 Å². The second kappa shape index (κ2) is 3.78. The first-order valence-corrected chi connectivity index (χ1v) is 7.11. The van der Waals surface area contributed by atoms with Crippen molar-refractivity contribution in [1.29, 1.82) is 0 Å². The van der Waals surface area contributed by atoms with Gasteiger partial charge in [0.2, 0.25) is 0 Å². The molecule has 90 valence electrons. The van der Waals surface area contributed by atoms with Crippen LogP contribution in [0.2, 0.25) is 0 Å². The predicted octanol–water partition coefficient (Wildman–Crippen LogP) is 3.81. The Morgan fingerprint density at radius 3 is 2.88 bits per heavy atom. The summed E-state index contributed by atoms with van der Waals surface area (Å²) in [4.78, 5) is 1.17. The quantitative estimate of drug-likeness (QED) is 0.856. The number of rotatable bonds is 3. The highest BCUT2D eigenvalue weighted by atomic mass is 32.1. The van der Waals surface area contributed by atoms with E-state index in [-0.39, 0.29) is 5.54 Å². The lowest BCUT2D eigenvalue weighted by Crippen LogP contribution is -2.29. The van der Waals surface area contributed by atoms with Gasteiger partial charge in [-0.15, -0.1) is 11.3 Å². The van der Waals surface area contributed by atoms with Crippen molar-refractivity contribution in [1.82, 2.24) is 14.8 Å². The molecule has 0 radical (unpaired) electrons. The minimum atomic E-state index is 0.0589. The van der Waals surface area contributed by atoms with Gasteiger partial charge in [-0.25, -0.2) is 0 Å². The number of H-pyrrole nitrogens is 1. The first-order valence-electron chi connectivity index (χ1n) is 5.82. The fraction of sp³-hybridized carbons (Fsp3) is 0.500. The summed E-state index contributed by atoms with van der Waals surface area (Å²) in [6.07, 6.45) is 2.59. The summed E-state index contributed by atoms with van der Waals surface area (Å²) < 4.78 is 2.91. The van der Waals surface area contributed by atoms with Gasteiger partial charge in [0, 0.05) is 5.54 Å². The first kappa shape index (κ1) is 11.2. The van der Waals surface area contributed by atoms with E-state index in [1.165, 1.54) is 17.7 Å². The summed E-state index contributed by atoms with van der Waals surface area (Å²) in [5.41, 5.74) is 0.0589. The number of hydrogen-bond acceptors (Lipinski definition) is 3. The van der Waals surface area contributed by atoms with Crippen LogP contribution in [0.25, 0.3) is 10.7 Å². The molecule has 3 rings (SSSR count). The molecule has 5 heteroatoms. The van der Waals surface area contributed by atoms with Crippen LogP contribution >= 0.6 is 23.6 Å². The van der Waals surface area contributed by atoms with E-state index < -0.39 is 0 Å². The van der Waals surface area contributed by atoms with Crippen molar-refractivity contribution in [3.8, 4) is 10.7 Å². The Morgan fingerprint density at radius 2 is 2.29 bits per heavy atom. The van der Waals surface area contributed by atoms with Crippen LogP contribution in [0.15, 0.2) is 17.5 Å². The molecule has 0 saturated heterocycles. The van der Waals surface area contributed by atoms with E-state index >= 15 is 0 Å². The number of thiophene rings is 1. The molecular weight excluding hydrogens is 250 g/mol. The number of hydrogen-bond donors (Lipinski definition) is 1. The van der Waals surface area contributed by atoms with Crippen LogP contribution in [0.5, 0.6) is 0 Å². The molecule has 0 unspecified atom stereocenters. The number of nitrogens with zero attached hydrogens (tertiary/aromatic N) is 2. The van der Waals surface area contributed by atoms with Crippen LogP contribution in [0.1, 0.15) is 26.7 Å². The summed E-state index contributed by atoms with van der Waals surface area (Å²) in [5, 5.41) is 9.40. The van der Waals surface area contributed by atoms with Crippen molar-refractivity contribution >= 4 is 23.6 Å². The molecule has 1 N–H and O–H groups in total. The maximum Gasteiger partial charge on any atom is 0.195 e. The molecule has 0 amide bonds. The predicted molar refractivity (Wildman–Crippen MR) is 72.8 cm³/mol. The maximum atomic E-state index is 5.39. The molecule has 1 saturated carbocycles. The topological polar surface area (TPSA) is 33.6 Å². The number of aromatic amines is 1. The van der Waals surface area contributed by atoms with E-state index in [0.717, 1.165) is 16.5 Å². The third-order valence-electron chi connectivity index (χ3n) is 3.57. The van der Waals surface area contributed by atoms with Crippen LogP contribution in [0.4, 0.5) is 0 Å². The molecule has 17 heavy (non-hydrogen) atoms. The summed E-state index contributed by atoms with van der Waals surface area (Å²) in [5.74, 6) is 1.70. The molecule has 0 bridgehead atoms. The first-order chi connectivity index (χ1) is 8.10. The Balaban J connectivity index is 2.16. The van der Waals surface area contributed by atoms with Gasteiger partial charge in [0.15, 0.2) is 10.6 Å². The second-order valence-electron chi connectivity index (χ2n) is 5.09. The Kier molecular flexibility index (Phi) is 2.48. The van der Waals surface area contributed by atoms with Crippen molar-refractivity contribution < 1.29 is 0 Å². The molecule has 1 fully saturated rings. The van der Waals surface area contributed by atoms with Crippen molar-refractivity contribution in [2.24, 2.45) is 5.92 Å². The molecule has 1 aliphatic carbocycles. The molecule has 0 aliphatic heterocycles. The van der Waals surface area contributed by atoms with Gasteiger partial charge in [0.05, 0.1) is 4.88 Å². The largest absolute Gasteiger partial charge is 0.294 e. The lowest BCUT2D eigenvalue weighted by Gasteiger charge is -2.27. The zero-order valence-electron chi connectivity index (χ0n) is 9.93. The lowest BCUT2D eigenvalue weighted by molar-refractivity contribution is 0.304. The zero-order chi connectivity index (χ0) is 12.0. The van der Waals surface area contributed by atoms with Gasteiger partial charge < -0.3 is 0 Å². The van der Waals surface area contributed by atoms with Crippen molar-refractivity contribution in [2.75, 3.05) is 0 Å². The van der Waals surface area contributed by atoms with Crippen molar-refractivity contribution in [3.63, 3.8) is 0 Å². The summed E-state index contributed by atoms with van der Waals surface area (Å²) in [7, 11) is 0. The normalized spacial score (nSPS) is 16.4. The van der Waals surface area contributed by atoms with Crippen LogP contribution in [0.3, 0.4) is 0 Å². The maximum absolute atomic E-state index is 5.39. The van der Waals surface area contributed by atoms with Gasteiger partial charge in [-0.3, -0.25) is 9.67 Å². The molecule has 3 nitrogen and oxygen atoms in total. The minimum absolute atomic E-state index is 0.0589. The highest BCUT2D eigenvalue weighted by Crippen LogP contribution is 2.45. The molecule has 0 atom stereocenters. The Hall–Kier alpha value is -0.940. The monoisotopic (exact) mass is 265 g/mol. The molecule has 2 aromatic heterocycles. The molecule has 2 aromatic rings. The summed E-state index contributed by atoms with van der Waals surface area (Å²) in [6, 6.07) is 4.14. The van der Waals surface area contributed by atoms with E-state index in [4.69, 9.17) is 12.2 Å². The third kappa shape index (κ3) is 1.77. The van der Waals surface area contributed by atoms with Gasteiger partial charge >= 0.3 is 0 Å². The highest BCUT2D eigenvalue weighted by Gasteiger charge is 2.41. The van der Waals surface area contributed by atoms with Gasteiger partial charge in [-0.05, 0) is 56.3 Å². The second-order valence-corrected chi connectivity index (χ2v) is 6.43. The molecule has 1 aliphatic rings. The Bertz CT molecular complexity index is 573. The minimum Gasteiger partial charge on any atom is -0.294 e. The molecule has 0 aromatic carbocycles. The Labute approximate surface area is 109 Å². The van der Waals surface area contributed by atoms with Gasteiger partial charge in [-0.2, -0.15) is 5.10 Å². The van der Waals surface area contributed by atoms with Crippen molar-refractivity contribution in [3.05, 3.63) is 22.3 Å². The number of aromatic nitrogens is 3. The average molecular weight is 265 g/mol. The Morgan fingerprint density at radius 1 is 1.53 bits per heavy atom. The summed E-state index contributed by atoms with van der Waals surface area (Å²) in [6.45, 7) is 4.51. The van der Waals surface area contributed by atoms with E-state index in [1.807, 2.05) is 6.07 Å². The van der Waals surface area contributed by atoms with Gasteiger partial charge in [-0.1, -0.05) is 6.07 Å². The molecule has 0 spiro atoms. The molecule has 2 heterocycles. The third-order valence-corrected chi connectivity index (χ3v) is 4.71. The molecular formula is C12H15N3S2. The van der Waals surface area contributed by atoms with Gasteiger partial charge in [0.25, 0.3) is 0 Å². The fourth-order valence-electron chi connectivity index (χ4n) is 2.38. The van der Waals surface area contributed by atoms with E-state index in [9.17, 15) is 0 Å². The standard InChI is InChI=1S/C12H15N3S2/c1-12(2,8-5-6-8)15-10(13-14-11(15)16)9-4-3-7-17-9/h3-4,7-8H,5-6H2,1-2H3,(H,14,16). The zero-order valence-corrected chi connectivity index (χ0v) is 11.6. The van der Waals surface area contributed by atoms with Crippen LogP contribution in [-0.4, -0.2) is 14.8 Å². The number of nitrogens with one attached hydrogen (secondary N) is 1. The van der Waals surface area contributed by atoms with Gasteiger partial charge in [0.1, 0.15) is 0 Å². The van der Waals surface area contributed by atoms with E-state index in [0.29, 0.717) is 0 Å². The van der Waals surface area contributed by atoms with E-state index in [2.05, 4.69) is 40.1 Å². The summed E-state index contributed by atoms with van der Waals surface area (Å²) >= 11 is 7.09. The fourth-order valence-corrected chi connectivity index (χ4v) is 3.45. The van der Waals surface area contributed by atoms with Crippen molar-refractivity contribution in [2.45, 2.75) is 32.2 Å². The van der Waals surface area contributed by atoms with E-state index in [1.54, 1.807) is 11.3 Å². The smallest absolute Gasteiger partial charge is 0.195 e. The average Bonchev–Trinajstić information content (AvgIpc) is 2.87. The SMILES string of the molecule is CC(C)(C1CC1)n1c(-c2cccs2)n[nH]c1=S. The highest BCUT2D eigenvalue weighted by molar-refractivity contribution is 7.71. The lowest BCUT2D eigenvalue weighted by atomic mass is 9.98.